The van der Waals surface area contributed by atoms with E-state index in [2.05, 4.69) is 0 Å². The van der Waals surface area contributed by atoms with Gasteiger partial charge in [-0.05, 0) is 6.42 Å². The van der Waals surface area contributed by atoms with Gasteiger partial charge in [0.1, 0.15) is 0 Å². The Hall–Kier alpha value is -0.210. The monoisotopic (exact) mass is 184 g/mol. The molecule has 0 rings (SSSR count). The fraction of sp³-hybridized carbons (Fsp3) is 1.00. The van der Waals surface area contributed by atoms with Gasteiger partial charge in [-0.15, -0.1) is 0 Å². The quantitative estimate of drug-likeness (QED) is 0.465. The molecule has 0 radical (unpaired) electrons. The molecule has 0 saturated heterocycles. The summed E-state index contributed by atoms with van der Waals surface area (Å²) in [5.74, 6) is -0.747. The first-order chi connectivity index (χ1) is 4.87. The Kier molecular flexibility index (Phi) is 3.90. The van der Waals surface area contributed by atoms with E-state index in [-0.39, 0.29) is 6.42 Å². The molecule has 2 N–H and O–H groups in total. The molecule has 0 aliphatic heterocycles. The summed E-state index contributed by atoms with van der Waals surface area (Å²) in [6.07, 6.45) is 0.153. The van der Waals surface area contributed by atoms with E-state index < -0.39 is 27.1 Å². The lowest BCUT2D eigenvalue weighted by Crippen LogP contribution is -2.33. The standard InChI is InChI=1S/C4H10NO5S/c1-2-4(5(6)7)3-11(8,9)10/h4,6H,2-3H2,1H3,(H,8,9,10)/q-1. The predicted molar refractivity (Wildman–Crippen MR) is 37.5 cm³/mol. The highest BCUT2D eigenvalue weighted by molar-refractivity contribution is 7.85. The molecule has 0 bridgehead atoms. The highest BCUT2D eigenvalue weighted by atomic mass is 32.2. The normalized spacial score (nSPS) is 15.4. The molecule has 0 fully saturated rings. The van der Waals surface area contributed by atoms with Crippen LogP contribution in [0.4, 0.5) is 0 Å². The maximum Gasteiger partial charge on any atom is 0.266 e. The number of hydroxylamine groups is 2. The van der Waals surface area contributed by atoms with Gasteiger partial charge in [-0.3, -0.25) is 9.78 Å². The summed E-state index contributed by atoms with van der Waals surface area (Å²) in [6.45, 7) is 1.52. The van der Waals surface area contributed by atoms with Gasteiger partial charge in [0.15, 0.2) is 0 Å². The Morgan fingerprint density at radius 3 is 2.18 bits per heavy atom. The van der Waals surface area contributed by atoms with Crippen LogP contribution in [0, 0.1) is 5.21 Å². The Morgan fingerprint density at radius 1 is 1.64 bits per heavy atom. The van der Waals surface area contributed by atoms with Gasteiger partial charge in [0.25, 0.3) is 10.1 Å². The van der Waals surface area contributed by atoms with Crippen molar-refractivity contribution < 1.29 is 18.2 Å². The van der Waals surface area contributed by atoms with Crippen molar-refractivity contribution in [3.05, 3.63) is 5.21 Å². The van der Waals surface area contributed by atoms with Crippen LogP contribution in [0.25, 0.3) is 0 Å². The van der Waals surface area contributed by atoms with Crippen molar-refractivity contribution in [3.8, 4) is 0 Å². The Labute approximate surface area is 64.7 Å². The molecular weight excluding hydrogens is 174 g/mol. The van der Waals surface area contributed by atoms with E-state index in [1.807, 2.05) is 0 Å². The van der Waals surface area contributed by atoms with Crippen LogP contribution in [0.3, 0.4) is 0 Å². The first-order valence-electron chi connectivity index (χ1n) is 2.97. The maximum absolute atomic E-state index is 10.2. The lowest BCUT2D eigenvalue weighted by molar-refractivity contribution is -0.0731. The third-order valence-corrected chi connectivity index (χ3v) is 1.99. The zero-order valence-electron chi connectivity index (χ0n) is 5.97. The minimum atomic E-state index is -4.18. The van der Waals surface area contributed by atoms with E-state index in [4.69, 9.17) is 9.76 Å². The molecule has 0 heterocycles. The minimum Gasteiger partial charge on any atom is -0.762 e. The zero-order chi connectivity index (χ0) is 9.07. The van der Waals surface area contributed by atoms with E-state index >= 15 is 0 Å². The van der Waals surface area contributed by atoms with E-state index in [0.717, 1.165) is 0 Å². The molecule has 0 aromatic carbocycles. The van der Waals surface area contributed by atoms with Gasteiger partial charge in [-0.25, -0.2) is 0 Å². The second-order valence-electron chi connectivity index (χ2n) is 2.11. The van der Waals surface area contributed by atoms with Crippen LogP contribution in [-0.2, 0) is 10.1 Å². The molecule has 1 unspecified atom stereocenters. The molecular formula is C4H10NO5S-. The SMILES string of the molecule is CCC(CS(=O)(=O)O)N([O-])O. The highest BCUT2D eigenvalue weighted by Crippen LogP contribution is 2.02. The number of hydrogen-bond donors (Lipinski definition) is 2. The molecule has 0 spiro atoms. The van der Waals surface area contributed by atoms with Crippen molar-refractivity contribution in [1.29, 1.82) is 0 Å². The molecule has 0 saturated carbocycles. The summed E-state index contributed by atoms with van der Waals surface area (Å²) >= 11 is 0. The molecule has 0 aliphatic rings. The lowest BCUT2D eigenvalue weighted by atomic mass is 10.3. The van der Waals surface area contributed by atoms with Gasteiger partial charge in [0.2, 0.25) is 0 Å². The number of hydrogen-bond acceptors (Lipinski definition) is 5. The Balaban J connectivity index is 4.10. The Bertz CT molecular complexity index is 199. The fourth-order valence-electron chi connectivity index (χ4n) is 0.581. The smallest absolute Gasteiger partial charge is 0.266 e. The van der Waals surface area contributed by atoms with Crippen molar-refractivity contribution in [2.75, 3.05) is 5.75 Å². The van der Waals surface area contributed by atoms with Crippen molar-refractivity contribution in [2.24, 2.45) is 0 Å². The molecule has 0 aromatic rings. The second kappa shape index (κ2) is 3.98. The summed E-state index contributed by atoms with van der Waals surface area (Å²) in [5, 5.41) is 18.0. The van der Waals surface area contributed by atoms with Crippen molar-refractivity contribution in [1.82, 2.24) is 5.23 Å². The summed E-state index contributed by atoms with van der Waals surface area (Å²) in [7, 11) is -4.18. The van der Waals surface area contributed by atoms with Gasteiger partial charge in [0, 0.05) is 6.04 Å². The first-order valence-corrected chi connectivity index (χ1v) is 4.58. The van der Waals surface area contributed by atoms with Crippen molar-refractivity contribution >= 4 is 10.1 Å². The number of rotatable bonds is 4. The molecule has 6 nitrogen and oxygen atoms in total. The number of nitrogens with zero attached hydrogens (tertiary/aromatic N) is 1. The van der Waals surface area contributed by atoms with Crippen LogP contribution in [0.5, 0.6) is 0 Å². The molecule has 1 atom stereocenters. The van der Waals surface area contributed by atoms with Gasteiger partial charge in [0.05, 0.1) is 5.75 Å². The van der Waals surface area contributed by atoms with E-state index in [9.17, 15) is 13.6 Å². The summed E-state index contributed by atoms with van der Waals surface area (Å²) in [4.78, 5) is 0. The second-order valence-corrected chi connectivity index (χ2v) is 3.61. The molecule has 0 aliphatic carbocycles. The summed E-state index contributed by atoms with van der Waals surface area (Å²) < 4.78 is 28.6. The van der Waals surface area contributed by atoms with Gasteiger partial charge >= 0.3 is 0 Å². The molecule has 68 valence electrons. The Morgan fingerprint density at radius 2 is 2.09 bits per heavy atom. The average molecular weight is 184 g/mol. The maximum atomic E-state index is 10.2. The summed E-state index contributed by atoms with van der Waals surface area (Å²) in [6, 6.07) is -1.09. The molecule has 0 amide bonds. The van der Waals surface area contributed by atoms with Crippen LogP contribution in [-0.4, -0.2) is 35.2 Å². The van der Waals surface area contributed by atoms with Crippen LogP contribution >= 0.6 is 0 Å². The van der Waals surface area contributed by atoms with Gasteiger partial charge < -0.3 is 10.4 Å². The molecule has 0 aromatic heterocycles. The molecule has 7 heteroatoms. The third-order valence-electron chi connectivity index (χ3n) is 1.19. The van der Waals surface area contributed by atoms with Gasteiger partial charge in [-0.1, -0.05) is 6.92 Å². The van der Waals surface area contributed by atoms with Crippen LogP contribution in [0.2, 0.25) is 0 Å². The lowest BCUT2D eigenvalue weighted by Gasteiger charge is -2.28. The zero-order valence-corrected chi connectivity index (χ0v) is 6.78. The molecule has 11 heavy (non-hydrogen) atoms. The van der Waals surface area contributed by atoms with Crippen molar-refractivity contribution in [2.45, 2.75) is 19.4 Å². The minimum absolute atomic E-state index is 0.153. The topological polar surface area (TPSA) is 101 Å². The van der Waals surface area contributed by atoms with Gasteiger partial charge in [-0.2, -0.15) is 8.42 Å². The fourth-order valence-corrected chi connectivity index (χ4v) is 1.43. The van der Waals surface area contributed by atoms with Crippen LogP contribution < -0.4 is 0 Å². The van der Waals surface area contributed by atoms with E-state index in [0.29, 0.717) is 0 Å². The van der Waals surface area contributed by atoms with Crippen LogP contribution in [0.1, 0.15) is 13.3 Å². The summed E-state index contributed by atoms with van der Waals surface area (Å²) in [5.41, 5.74) is 0. The van der Waals surface area contributed by atoms with E-state index in [1.54, 1.807) is 0 Å². The average Bonchev–Trinajstić information content (AvgIpc) is 1.80. The van der Waals surface area contributed by atoms with Crippen LogP contribution in [0.15, 0.2) is 0 Å². The third kappa shape index (κ3) is 5.10. The highest BCUT2D eigenvalue weighted by Gasteiger charge is 2.15. The largest absolute Gasteiger partial charge is 0.762 e. The van der Waals surface area contributed by atoms with E-state index in [1.165, 1.54) is 6.92 Å². The predicted octanol–water partition coefficient (Wildman–Crippen LogP) is -0.158. The first kappa shape index (κ1) is 10.8. The van der Waals surface area contributed by atoms with Crippen molar-refractivity contribution in [3.63, 3.8) is 0 Å².